The van der Waals surface area contributed by atoms with Gasteiger partial charge >= 0.3 is 0 Å². The first-order valence-corrected chi connectivity index (χ1v) is 3.41. The topological polar surface area (TPSA) is 20.3 Å². The Morgan fingerprint density at radius 3 is 2.55 bits per heavy atom. The van der Waals surface area contributed by atoms with Crippen LogP contribution in [0, 0.1) is 12.3 Å². The van der Waals surface area contributed by atoms with E-state index < -0.39 is 0 Å². The molecule has 2 nitrogen and oxygen atoms in total. The van der Waals surface area contributed by atoms with Crippen molar-refractivity contribution in [3.63, 3.8) is 0 Å². The van der Waals surface area contributed by atoms with E-state index in [-0.39, 0.29) is 5.91 Å². The van der Waals surface area contributed by atoms with E-state index in [1.165, 1.54) is 4.90 Å². The van der Waals surface area contributed by atoms with Crippen molar-refractivity contribution in [1.29, 1.82) is 0 Å². The maximum Gasteiger partial charge on any atom is 0.247 e. The second kappa shape index (κ2) is 4.56. The van der Waals surface area contributed by atoms with Gasteiger partial charge in [-0.3, -0.25) is 4.79 Å². The van der Waals surface area contributed by atoms with Crippen molar-refractivity contribution < 1.29 is 4.79 Å². The fourth-order valence-electron chi connectivity index (χ4n) is 0.572. The second-order valence-corrected chi connectivity index (χ2v) is 2.62. The second-order valence-electron chi connectivity index (χ2n) is 2.62. The van der Waals surface area contributed by atoms with Crippen molar-refractivity contribution in [3.8, 4) is 12.3 Å². The lowest BCUT2D eigenvalue weighted by Crippen LogP contribution is -2.25. The molecule has 0 bridgehead atoms. The van der Waals surface area contributed by atoms with Crippen LogP contribution >= 0.6 is 0 Å². The summed E-state index contributed by atoms with van der Waals surface area (Å²) in [5.41, 5.74) is 0.985. The van der Waals surface area contributed by atoms with Crippen LogP contribution in [0.2, 0.25) is 0 Å². The molecule has 11 heavy (non-hydrogen) atoms. The molecule has 2 heteroatoms. The lowest BCUT2D eigenvalue weighted by atomic mass is 10.3. The third-order valence-electron chi connectivity index (χ3n) is 1.12. The number of rotatable bonds is 2. The van der Waals surface area contributed by atoms with Crippen LogP contribution in [0.5, 0.6) is 0 Å². The van der Waals surface area contributed by atoms with Gasteiger partial charge in [0.05, 0.1) is 6.54 Å². The highest BCUT2D eigenvalue weighted by Gasteiger charge is 2.01. The highest BCUT2D eigenvalue weighted by Crippen LogP contribution is 1.92. The van der Waals surface area contributed by atoms with Gasteiger partial charge in [0.2, 0.25) is 5.91 Å². The van der Waals surface area contributed by atoms with E-state index in [4.69, 9.17) is 6.42 Å². The quantitative estimate of drug-likeness (QED) is 0.426. The van der Waals surface area contributed by atoms with Gasteiger partial charge in [0.15, 0.2) is 0 Å². The van der Waals surface area contributed by atoms with Gasteiger partial charge < -0.3 is 4.90 Å². The van der Waals surface area contributed by atoms with E-state index in [1.807, 2.05) is 13.8 Å². The predicted octanol–water partition coefficient (Wildman–Crippen LogP) is 1.04. The lowest BCUT2D eigenvalue weighted by Gasteiger charge is -2.10. The van der Waals surface area contributed by atoms with Crippen LogP contribution in [-0.2, 0) is 4.79 Å². The average Bonchev–Trinajstić information content (AvgIpc) is 1.86. The predicted molar refractivity (Wildman–Crippen MR) is 45.9 cm³/mol. The number of terminal acetylenes is 1. The minimum absolute atomic E-state index is 0.0389. The van der Waals surface area contributed by atoms with Crippen molar-refractivity contribution in [3.05, 3.63) is 11.6 Å². The minimum atomic E-state index is -0.0389. The fourth-order valence-corrected chi connectivity index (χ4v) is 0.572. The number of allylic oxidation sites excluding steroid dienone is 1. The Balaban J connectivity index is 4.06. The van der Waals surface area contributed by atoms with E-state index in [9.17, 15) is 4.79 Å². The largest absolute Gasteiger partial charge is 0.331 e. The molecule has 0 fully saturated rings. The van der Waals surface area contributed by atoms with Gasteiger partial charge in [-0.15, -0.1) is 6.42 Å². The van der Waals surface area contributed by atoms with Gasteiger partial charge in [-0.1, -0.05) is 11.5 Å². The molecule has 0 saturated heterocycles. The van der Waals surface area contributed by atoms with Gasteiger partial charge in [-0.2, -0.15) is 0 Å². The molecular formula is C9H13NO. The molecule has 60 valence electrons. The molecule has 0 heterocycles. The van der Waals surface area contributed by atoms with Gasteiger partial charge in [0.1, 0.15) is 0 Å². The van der Waals surface area contributed by atoms with Crippen molar-refractivity contribution in [2.75, 3.05) is 13.6 Å². The van der Waals surface area contributed by atoms with E-state index in [0.717, 1.165) is 5.57 Å². The van der Waals surface area contributed by atoms with E-state index in [1.54, 1.807) is 13.1 Å². The zero-order valence-corrected chi connectivity index (χ0v) is 7.22. The Kier molecular flexibility index (Phi) is 4.05. The smallest absolute Gasteiger partial charge is 0.247 e. The highest BCUT2D eigenvalue weighted by molar-refractivity contribution is 5.88. The van der Waals surface area contributed by atoms with Crippen LogP contribution < -0.4 is 0 Å². The van der Waals surface area contributed by atoms with Crippen molar-refractivity contribution in [1.82, 2.24) is 4.90 Å². The standard InChI is InChI=1S/C9H13NO/c1-5-6-10(4)9(11)7-8(2)3/h1,7H,6H2,2-4H3. The van der Waals surface area contributed by atoms with Crippen LogP contribution in [0.1, 0.15) is 13.8 Å². The molecule has 0 spiro atoms. The molecule has 0 aromatic rings. The average molecular weight is 151 g/mol. The maximum absolute atomic E-state index is 11.1. The van der Waals surface area contributed by atoms with Crippen LogP contribution in [0.3, 0.4) is 0 Å². The Labute approximate surface area is 67.9 Å². The summed E-state index contributed by atoms with van der Waals surface area (Å²) in [4.78, 5) is 12.6. The number of amides is 1. The van der Waals surface area contributed by atoms with Crippen molar-refractivity contribution in [2.24, 2.45) is 0 Å². The Morgan fingerprint density at radius 2 is 2.18 bits per heavy atom. The number of carbonyl (C=O) groups is 1. The van der Waals surface area contributed by atoms with E-state index >= 15 is 0 Å². The molecule has 0 aliphatic carbocycles. The monoisotopic (exact) mass is 151 g/mol. The molecular weight excluding hydrogens is 138 g/mol. The molecule has 1 amide bonds. The Morgan fingerprint density at radius 1 is 1.64 bits per heavy atom. The van der Waals surface area contributed by atoms with Gasteiger partial charge in [0.25, 0.3) is 0 Å². The summed E-state index contributed by atoms with van der Waals surface area (Å²) < 4.78 is 0. The summed E-state index contributed by atoms with van der Waals surface area (Å²) in [5.74, 6) is 2.36. The number of carbonyl (C=O) groups excluding carboxylic acids is 1. The highest BCUT2D eigenvalue weighted by atomic mass is 16.2. The molecule has 0 radical (unpaired) electrons. The summed E-state index contributed by atoms with van der Waals surface area (Å²) in [5, 5.41) is 0. The fraction of sp³-hybridized carbons (Fsp3) is 0.444. The van der Waals surface area contributed by atoms with Gasteiger partial charge in [-0.05, 0) is 13.8 Å². The zero-order chi connectivity index (χ0) is 8.85. The Bertz CT molecular complexity index is 206. The third-order valence-corrected chi connectivity index (χ3v) is 1.12. The number of hydrogen-bond acceptors (Lipinski definition) is 1. The summed E-state index contributed by atoms with van der Waals surface area (Å²) in [6.45, 7) is 4.12. The number of hydrogen-bond donors (Lipinski definition) is 0. The molecule has 0 N–H and O–H groups in total. The number of likely N-dealkylation sites (N-methyl/N-ethyl adjacent to an activating group) is 1. The summed E-state index contributed by atoms with van der Waals surface area (Å²) in [6.07, 6.45) is 6.60. The van der Waals surface area contributed by atoms with E-state index in [0.29, 0.717) is 6.54 Å². The van der Waals surface area contributed by atoms with Gasteiger partial charge in [0, 0.05) is 13.1 Å². The molecule has 0 rings (SSSR count). The SMILES string of the molecule is C#CCN(C)C(=O)C=C(C)C. The van der Waals surface area contributed by atoms with Crippen molar-refractivity contribution in [2.45, 2.75) is 13.8 Å². The molecule has 0 unspecified atom stereocenters. The van der Waals surface area contributed by atoms with Crippen LogP contribution in [-0.4, -0.2) is 24.4 Å². The minimum Gasteiger partial charge on any atom is -0.331 e. The van der Waals surface area contributed by atoms with E-state index in [2.05, 4.69) is 5.92 Å². The van der Waals surface area contributed by atoms with Crippen LogP contribution in [0.25, 0.3) is 0 Å². The normalized spacial score (nSPS) is 8.18. The first kappa shape index (κ1) is 9.77. The maximum atomic E-state index is 11.1. The molecule has 0 aliphatic rings. The third kappa shape index (κ3) is 4.21. The van der Waals surface area contributed by atoms with Gasteiger partial charge in [-0.25, -0.2) is 0 Å². The van der Waals surface area contributed by atoms with Crippen LogP contribution in [0.4, 0.5) is 0 Å². The molecule has 0 saturated carbocycles. The lowest BCUT2D eigenvalue weighted by molar-refractivity contribution is -0.124. The summed E-state index contributed by atoms with van der Waals surface area (Å²) >= 11 is 0. The molecule has 0 aliphatic heterocycles. The Hall–Kier alpha value is -1.23. The molecule has 0 aromatic heterocycles. The summed E-state index contributed by atoms with van der Waals surface area (Å²) in [7, 11) is 1.68. The van der Waals surface area contributed by atoms with Crippen LogP contribution in [0.15, 0.2) is 11.6 Å². The zero-order valence-electron chi connectivity index (χ0n) is 7.22. The molecule has 0 aromatic carbocycles. The molecule has 0 atom stereocenters. The van der Waals surface area contributed by atoms with Crippen molar-refractivity contribution >= 4 is 5.91 Å². The first-order valence-electron chi connectivity index (χ1n) is 3.41. The first-order chi connectivity index (χ1) is 5.07. The summed E-state index contributed by atoms with van der Waals surface area (Å²) in [6, 6.07) is 0. The number of nitrogens with zero attached hydrogens (tertiary/aromatic N) is 1.